The third kappa shape index (κ3) is 2.85. The normalized spacial score (nSPS) is 25.2. The van der Waals surface area contributed by atoms with E-state index in [-0.39, 0.29) is 0 Å². The van der Waals surface area contributed by atoms with Crippen LogP contribution in [0.3, 0.4) is 0 Å². The Morgan fingerprint density at radius 3 is 3.00 bits per heavy atom. The number of halogens is 2. The van der Waals surface area contributed by atoms with E-state index in [0.717, 1.165) is 49.0 Å². The molecule has 0 amide bonds. The fraction of sp³-hybridized carbons (Fsp3) is 0.750. The lowest BCUT2D eigenvalue weighted by molar-refractivity contribution is 0.0598. The maximum absolute atomic E-state index is 6.32. The van der Waals surface area contributed by atoms with Gasteiger partial charge in [0.1, 0.15) is 0 Å². The molecule has 2 atom stereocenters. The Morgan fingerprint density at radius 1 is 1.59 bits per heavy atom. The summed E-state index contributed by atoms with van der Waals surface area (Å²) in [6, 6.07) is 0. The second-order valence-electron chi connectivity index (χ2n) is 4.51. The molecule has 2 unspecified atom stereocenters. The molecule has 1 fully saturated rings. The van der Waals surface area contributed by atoms with Crippen LogP contribution in [-0.4, -0.2) is 27.8 Å². The van der Waals surface area contributed by atoms with E-state index in [2.05, 4.69) is 28.0 Å². The summed E-state index contributed by atoms with van der Waals surface area (Å²) < 4.78 is 7.55. The minimum atomic E-state index is 0.489. The molecule has 0 aliphatic carbocycles. The number of rotatable bonds is 3. The summed E-state index contributed by atoms with van der Waals surface area (Å²) in [6.45, 7) is 6.58. The Morgan fingerprint density at radius 2 is 2.35 bits per heavy atom. The molecule has 1 aliphatic heterocycles. The SMILES string of the molecule is CCn1nc(C)c(Cl)c1CC1COCCC1Br. The molecule has 1 aromatic rings. The molecule has 96 valence electrons. The Labute approximate surface area is 116 Å². The first-order valence-electron chi connectivity index (χ1n) is 6.07. The zero-order valence-electron chi connectivity index (χ0n) is 10.2. The molecular formula is C12H18BrClN2O. The van der Waals surface area contributed by atoms with Crippen LogP contribution in [0.5, 0.6) is 0 Å². The fourth-order valence-electron chi connectivity index (χ4n) is 2.27. The summed E-state index contributed by atoms with van der Waals surface area (Å²) in [5.74, 6) is 0.489. The molecule has 0 bridgehead atoms. The summed E-state index contributed by atoms with van der Waals surface area (Å²) in [7, 11) is 0. The van der Waals surface area contributed by atoms with Gasteiger partial charge >= 0.3 is 0 Å². The van der Waals surface area contributed by atoms with Crippen LogP contribution < -0.4 is 0 Å². The van der Waals surface area contributed by atoms with Crippen molar-refractivity contribution in [2.24, 2.45) is 5.92 Å². The molecule has 2 rings (SSSR count). The second kappa shape index (κ2) is 5.72. The van der Waals surface area contributed by atoms with E-state index in [1.54, 1.807) is 0 Å². The van der Waals surface area contributed by atoms with E-state index < -0.39 is 0 Å². The predicted octanol–water partition coefficient (Wildman–Crippen LogP) is 3.21. The van der Waals surface area contributed by atoms with Gasteiger partial charge in [0.25, 0.3) is 0 Å². The van der Waals surface area contributed by atoms with Gasteiger partial charge in [-0.3, -0.25) is 4.68 Å². The van der Waals surface area contributed by atoms with Crippen molar-refractivity contribution in [2.75, 3.05) is 13.2 Å². The molecule has 5 heteroatoms. The Balaban J connectivity index is 2.16. The highest BCUT2D eigenvalue weighted by atomic mass is 79.9. The van der Waals surface area contributed by atoms with Crippen LogP contribution in [0.25, 0.3) is 0 Å². The number of aryl methyl sites for hydroxylation is 2. The van der Waals surface area contributed by atoms with Gasteiger partial charge in [-0.05, 0) is 26.7 Å². The zero-order valence-corrected chi connectivity index (χ0v) is 12.6. The van der Waals surface area contributed by atoms with Gasteiger partial charge in [-0.15, -0.1) is 0 Å². The van der Waals surface area contributed by atoms with Crippen molar-refractivity contribution >= 4 is 27.5 Å². The first kappa shape index (κ1) is 13.4. The zero-order chi connectivity index (χ0) is 12.4. The van der Waals surface area contributed by atoms with Crippen LogP contribution in [-0.2, 0) is 17.7 Å². The number of nitrogens with zero attached hydrogens (tertiary/aromatic N) is 2. The van der Waals surface area contributed by atoms with Crippen molar-refractivity contribution < 1.29 is 4.74 Å². The largest absolute Gasteiger partial charge is 0.381 e. The lowest BCUT2D eigenvalue weighted by Gasteiger charge is -2.27. The molecule has 0 radical (unpaired) electrons. The molecular weight excluding hydrogens is 304 g/mol. The van der Waals surface area contributed by atoms with Crippen LogP contribution in [0.15, 0.2) is 0 Å². The van der Waals surface area contributed by atoms with Gasteiger partial charge in [-0.25, -0.2) is 0 Å². The number of hydrogen-bond acceptors (Lipinski definition) is 2. The maximum atomic E-state index is 6.32. The third-order valence-corrected chi connectivity index (χ3v) is 4.99. The molecule has 2 heterocycles. The van der Waals surface area contributed by atoms with Crippen LogP contribution >= 0.6 is 27.5 Å². The standard InChI is InChI=1S/C12H18BrClN2O/c1-3-16-11(12(14)8(2)15-16)6-9-7-17-5-4-10(9)13/h9-10H,3-7H2,1-2H3. The first-order valence-corrected chi connectivity index (χ1v) is 7.36. The molecule has 0 aromatic carbocycles. The van der Waals surface area contributed by atoms with Crippen LogP contribution in [0.2, 0.25) is 5.02 Å². The average molecular weight is 322 g/mol. The van der Waals surface area contributed by atoms with E-state index in [0.29, 0.717) is 10.7 Å². The average Bonchev–Trinajstić information content (AvgIpc) is 2.59. The summed E-state index contributed by atoms with van der Waals surface area (Å²) in [5.41, 5.74) is 2.07. The van der Waals surface area contributed by atoms with Crippen molar-refractivity contribution in [2.45, 2.75) is 38.1 Å². The monoisotopic (exact) mass is 320 g/mol. The maximum Gasteiger partial charge on any atom is 0.0847 e. The number of hydrogen-bond donors (Lipinski definition) is 0. The first-order chi connectivity index (χ1) is 8.13. The molecule has 17 heavy (non-hydrogen) atoms. The quantitative estimate of drug-likeness (QED) is 0.799. The molecule has 1 saturated heterocycles. The highest BCUT2D eigenvalue weighted by Crippen LogP contribution is 2.29. The highest BCUT2D eigenvalue weighted by molar-refractivity contribution is 9.09. The minimum absolute atomic E-state index is 0.489. The van der Waals surface area contributed by atoms with Gasteiger partial charge in [0.05, 0.1) is 23.0 Å². The minimum Gasteiger partial charge on any atom is -0.381 e. The van der Waals surface area contributed by atoms with Gasteiger partial charge < -0.3 is 4.74 Å². The summed E-state index contributed by atoms with van der Waals surface area (Å²) in [4.78, 5) is 0.521. The number of aromatic nitrogens is 2. The van der Waals surface area contributed by atoms with E-state index in [1.807, 2.05) is 11.6 Å². The molecule has 3 nitrogen and oxygen atoms in total. The Kier molecular flexibility index (Phi) is 4.50. The molecule has 1 aliphatic rings. The predicted molar refractivity (Wildman–Crippen MR) is 73.0 cm³/mol. The molecule has 1 aromatic heterocycles. The van der Waals surface area contributed by atoms with Gasteiger partial charge in [0, 0.05) is 23.9 Å². The smallest absolute Gasteiger partial charge is 0.0847 e. The van der Waals surface area contributed by atoms with Crippen molar-refractivity contribution in [3.05, 3.63) is 16.4 Å². The van der Waals surface area contributed by atoms with Crippen molar-refractivity contribution in [1.29, 1.82) is 0 Å². The topological polar surface area (TPSA) is 27.1 Å². The molecule has 0 N–H and O–H groups in total. The van der Waals surface area contributed by atoms with Gasteiger partial charge in [0.2, 0.25) is 0 Å². The van der Waals surface area contributed by atoms with E-state index >= 15 is 0 Å². The summed E-state index contributed by atoms with van der Waals surface area (Å²) >= 11 is 10.1. The van der Waals surface area contributed by atoms with E-state index in [9.17, 15) is 0 Å². The molecule has 0 spiro atoms. The lowest BCUT2D eigenvalue weighted by Crippen LogP contribution is -2.30. The van der Waals surface area contributed by atoms with Crippen molar-refractivity contribution in [3.63, 3.8) is 0 Å². The highest BCUT2D eigenvalue weighted by Gasteiger charge is 2.26. The van der Waals surface area contributed by atoms with Crippen LogP contribution in [0, 0.1) is 12.8 Å². The van der Waals surface area contributed by atoms with Gasteiger partial charge in [-0.2, -0.15) is 5.10 Å². The van der Waals surface area contributed by atoms with Gasteiger partial charge in [-0.1, -0.05) is 27.5 Å². The second-order valence-corrected chi connectivity index (χ2v) is 6.06. The van der Waals surface area contributed by atoms with E-state index in [1.165, 1.54) is 0 Å². The van der Waals surface area contributed by atoms with Crippen molar-refractivity contribution in [3.8, 4) is 0 Å². The molecule has 0 saturated carbocycles. The summed E-state index contributed by atoms with van der Waals surface area (Å²) in [6.07, 6.45) is 2.00. The lowest BCUT2D eigenvalue weighted by atomic mass is 9.96. The van der Waals surface area contributed by atoms with E-state index in [4.69, 9.17) is 16.3 Å². The Bertz CT molecular complexity index is 394. The number of alkyl halides is 1. The van der Waals surface area contributed by atoms with Crippen LogP contribution in [0.4, 0.5) is 0 Å². The van der Waals surface area contributed by atoms with Gasteiger partial charge in [0.15, 0.2) is 0 Å². The number of ether oxygens (including phenoxy) is 1. The fourth-order valence-corrected chi connectivity index (χ4v) is 3.01. The summed E-state index contributed by atoms with van der Waals surface area (Å²) in [5, 5.41) is 5.26. The van der Waals surface area contributed by atoms with Crippen LogP contribution in [0.1, 0.15) is 24.7 Å². The van der Waals surface area contributed by atoms with Crippen molar-refractivity contribution in [1.82, 2.24) is 9.78 Å². The third-order valence-electron chi connectivity index (χ3n) is 3.29. The Hall–Kier alpha value is -0.0600.